The third kappa shape index (κ3) is 3.72. The molecule has 0 unspecified atom stereocenters. The molecule has 2 aromatic heterocycles. The molecular formula is C26H25ClN6O. The summed E-state index contributed by atoms with van der Waals surface area (Å²) >= 11 is 6.12. The van der Waals surface area contributed by atoms with Crippen LogP contribution in [0.1, 0.15) is 70.3 Å². The number of amides is 1. The smallest absolute Gasteiger partial charge is 0.254 e. The van der Waals surface area contributed by atoms with Gasteiger partial charge in [0.25, 0.3) is 5.91 Å². The molecule has 3 aromatic rings. The Hall–Kier alpha value is -3.37. The topological polar surface area (TPSA) is 86.8 Å². The van der Waals surface area contributed by atoms with Crippen LogP contribution in [0.5, 0.6) is 0 Å². The molecule has 3 aliphatic rings. The van der Waals surface area contributed by atoms with E-state index in [1.165, 1.54) is 17.5 Å². The van der Waals surface area contributed by atoms with Crippen LogP contribution in [0.4, 0.5) is 5.82 Å². The number of nitrogens with zero attached hydrogens (tertiary/aromatic N) is 5. The van der Waals surface area contributed by atoms with E-state index in [-0.39, 0.29) is 23.9 Å². The molecule has 3 heterocycles. The number of carbonyl (C=O) groups is 1. The van der Waals surface area contributed by atoms with E-state index in [0.717, 1.165) is 50.2 Å². The van der Waals surface area contributed by atoms with Gasteiger partial charge in [0.05, 0.1) is 29.4 Å². The van der Waals surface area contributed by atoms with Crippen LogP contribution in [-0.2, 0) is 6.42 Å². The summed E-state index contributed by atoms with van der Waals surface area (Å²) in [4.78, 5) is 19.8. The highest BCUT2D eigenvalue weighted by Gasteiger charge is 2.34. The first-order chi connectivity index (χ1) is 16.6. The third-order valence-electron chi connectivity index (χ3n) is 7.47. The number of aromatic nitrogens is 3. The molecule has 0 spiro atoms. The molecule has 2 aliphatic carbocycles. The van der Waals surface area contributed by atoms with Crippen LogP contribution in [0, 0.1) is 11.3 Å². The van der Waals surface area contributed by atoms with E-state index >= 15 is 0 Å². The maximum Gasteiger partial charge on any atom is 0.254 e. The summed E-state index contributed by atoms with van der Waals surface area (Å²) in [6.07, 6.45) is 10.3. The van der Waals surface area contributed by atoms with Gasteiger partial charge < -0.3 is 10.2 Å². The van der Waals surface area contributed by atoms with Crippen LogP contribution in [0.15, 0.2) is 42.9 Å². The molecule has 1 N–H and O–H groups in total. The molecule has 0 radical (unpaired) electrons. The molecule has 1 atom stereocenters. The van der Waals surface area contributed by atoms with Crippen molar-refractivity contribution in [3.05, 3.63) is 75.7 Å². The Bertz CT molecular complexity index is 1300. The predicted molar refractivity (Wildman–Crippen MR) is 129 cm³/mol. The normalized spacial score (nSPS) is 22.9. The molecular weight excluding hydrogens is 448 g/mol. The minimum atomic E-state index is -0.106. The van der Waals surface area contributed by atoms with Crippen LogP contribution >= 0.6 is 11.6 Å². The summed E-state index contributed by atoms with van der Waals surface area (Å²) in [7, 11) is 0. The molecule has 172 valence electrons. The largest absolute Gasteiger partial charge is 0.356 e. The maximum atomic E-state index is 12.8. The van der Waals surface area contributed by atoms with Gasteiger partial charge in [-0.25, -0.2) is 4.98 Å². The molecule has 6 rings (SSSR count). The van der Waals surface area contributed by atoms with Gasteiger partial charge in [-0.2, -0.15) is 10.4 Å². The van der Waals surface area contributed by atoms with Crippen molar-refractivity contribution in [3.63, 3.8) is 0 Å². The minimum Gasteiger partial charge on any atom is -0.356 e. The Balaban J connectivity index is 1.09. The molecule has 2 fully saturated rings. The quantitative estimate of drug-likeness (QED) is 0.600. The van der Waals surface area contributed by atoms with Gasteiger partial charge in [0, 0.05) is 36.5 Å². The number of carbonyl (C=O) groups excluding carboxylic acids is 1. The SMILES string of the molecule is N#Cc1ccc(Cl)cc1C1CC(NC(=O)c2cnn([C@H]3CCc4cc(N5CCC5)ncc43)c2)C1. The van der Waals surface area contributed by atoms with Crippen molar-refractivity contribution >= 4 is 23.3 Å². The number of halogens is 1. The van der Waals surface area contributed by atoms with Crippen molar-refractivity contribution in [3.8, 4) is 6.07 Å². The highest BCUT2D eigenvalue weighted by atomic mass is 35.5. The zero-order valence-corrected chi connectivity index (χ0v) is 19.5. The van der Waals surface area contributed by atoms with Crippen molar-refractivity contribution in [1.82, 2.24) is 20.1 Å². The Morgan fingerprint density at radius 2 is 2.03 bits per heavy atom. The van der Waals surface area contributed by atoms with Crippen molar-refractivity contribution in [2.24, 2.45) is 0 Å². The van der Waals surface area contributed by atoms with Crippen LogP contribution in [-0.4, -0.2) is 39.8 Å². The van der Waals surface area contributed by atoms with E-state index in [9.17, 15) is 10.1 Å². The zero-order chi connectivity index (χ0) is 23.2. The summed E-state index contributed by atoms with van der Waals surface area (Å²) < 4.78 is 1.90. The second-order valence-corrected chi connectivity index (χ2v) is 9.96. The fourth-order valence-corrected chi connectivity index (χ4v) is 5.49. The number of rotatable bonds is 5. The zero-order valence-electron chi connectivity index (χ0n) is 18.7. The molecule has 1 amide bonds. The first-order valence-electron chi connectivity index (χ1n) is 11.9. The maximum absolute atomic E-state index is 12.8. The van der Waals surface area contributed by atoms with Crippen LogP contribution in [0.25, 0.3) is 0 Å². The lowest BCUT2D eigenvalue weighted by atomic mass is 9.74. The Labute approximate surface area is 203 Å². The number of nitrogens with one attached hydrogen (secondary N) is 1. The number of anilines is 1. The van der Waals surface area contributed by atoms with Crippen LogP contribution in [0.2, 0.25) is 5.02 Å². The third-order valence-corrected chi connectivity index (χ3v) is 7.70. The summed E-state index contributed by atoms with van der Waals surface area (Å²) in [5, 5.41) is 17.6. The Kier molecular flexibility index (Phi) is 5.26. The molecule has 1 aliphatic heterocycles. The van der Waals surface area contributed by atoms with Crippen molar-refractivity contribution in [2.45, 2.75) is 50.1 Å². The monoisotopic (exact) mass is 472 g/mol. The van der Waals surface area contributed by atoms with Gasteiger partial charge >= 0.3 is 0 Å². The molecule has 1 saturated heterocycles. The summed E-state index contributed by atoms with van der Waals surface area (Å²) in [5.74, 6) is 1.21. The lowest BCUT2D eigenvalue weighted by molar-refractivity contribution is 0.0909. The second-order valence-electron chi connectivity index (χ2n) is 9.53. The summed E-state index contributed by atoms with van der Waals surface area (Å²) in [6.45, 7) is 2.18. The molecule has 0 bridgehead atoms. The van der Waals surface area contributed by atoms with Crippen LogP contribution < -0.4 is 10.2 Å². The number of hydrogen-bond acceptors (Lipinski definition) is 5. The van der Waals surface area contributed by atoms with Gasteiger partial charge in [0.15, 0.2) is 0 Å². The van der Waals surface area contributed by atoms with Crippen molar-refractivity contribution in [1.29, 1.82) is 5.26 Å². The van der Waals surface area contributed by atoms with Gasteiger partial charge in [0.2, 0.25) is 0 Å². The number of pyridine rings is 1. The molecule has 7 nitrogen and oxygen atoms in total. The lowest BCUT2D eigenvalue weighted by Gasteiger charge is -2.36. The molecule has 1 aromatic carbocycles. The molecule has 8 heteroatoms. The van der Waals surface area contributed by atoms with Gasteiger partial charge in [0.1, 0.15) is 5.82 Å². The average Bonchev–Trinajstić information content (AvgIpc) is 3.41. The Morgan fingerprint density at radius 3 is 2.79 bits per heavy atom. The Morgan fingerprint density at radius 1 is 1.18 bits per heavy atom. The van der Waals surface area contributed by atoms with Crippen molar-refractivity contribution < 1.29 is 4.79 Å². The fourth-order valence-electron chi connectivity index (χ4n) is 5.31. The number of fused-ring (bicyclic) bond motifs is 1. The number of aryl methyl sites for hydroxylation is 1. The van der Waals surface area contributed by atoms with Crippen LogP contribution in [0.3, 0.4) is 0 Å². The van der Waals surface area contributed by atoms with E-state index in [2.05, 4.69) is 32.4 Å². The molecule has 1 saturated carbocycles. The van der Waals surface area contributed by atoms with E-state index in [1.807, 2.05) is 23.1 Å². The van der Waals surface area contributed by atoms with E-state index in [0.29, 0.717) is 16.1 Å². The highest BCUT2D eigenvalue weighted by molar-refractivity contribution is 6.30. The summed E-state index contributed by atoms with van der Waals surface area (Å²) in [6, 6.07) is 10.0. The van der Waals surface area contributed by atoms with E-state index < -0.39 is 0 Å². The summed E-state index contributed by atoms with van der Waals surface area (Å²) in [5.41, 5.74) is 4.74. The van der Waals surface area contributed by atoms with Crippen molar-refractivity contribution in [2.75, 3.05) is 18.0 Å². The minimum absolute atomic E-state index is 0.0858. The standard InChI is InChI=1S/C26H25ClN6O/c27-20-4-2-17(12-28)22(11-20)18-8-21(9-18)31-26(34)19-13-30-33(15-19)24-5-3-16-10-25(29-14-23(16)24)32-6-1-7-32/h2,4,10-11,13-15,18,21,24H,1,3,5-9H2,(H,31,34)/t18?,21?,24-/m0/s1. The first kappa shape index (κ1) is 21.2. The van der Waals surface area contributed by atoms with Gasteiger partial charge in [-0.15, -0.1) is 0 Å². The van der Waals surface area contributed by atoms with E-state index in [1.54, 1.807) is 18.3 Å². The second kappa shape index (κ2) is 8.44. The first-order valence-corrected chi connectivity index (χ1v) is 12.2. The molecule has 34 heavy (non-hydrogen) atoms. The van der Waals surface area contributed by atoms with Gasteiger partial charge in [-0.3, -0.25) is 9.48 Å². The number of nitriles is 1. The number of benzene rings is 1. The van der Waals surface area contributed by atoms with E-state index in [4.69, 9.17) is 11.6 Å². The predicted octanol–water partition coefficient (Wildman–Crippen LogP) is 4.22. The highest BCUT2D eigenvalue weighted by Crippen LogP contribution is 2.40. The average molecular weight is 473 g/mol. The lowest BCUT2D eigenvalue weighted by Crippen LogP contribution is -2.43. The number of hydrogen-bond donors (Lipinski definition) is 1. The fraction of sp³-hybridized carbons (Fsp3) is 0.385. The van der Waals surface area contributed by atoms with Gasteiger partial charge in [-0.05, 0) is 79.0 Å². The van der Waals surface area contributed by atoms with Gasteiger partial charge in [-0.1, -0.05) is 11.6 Å².